The lowest BCUT2D eigenvalue weighted by atomic mass is 10.0. The van der Waals surface area contributed by atoms with Crippen molar-refractivity contribution in [1.82, 2.24) is 9.80 Å². The summed E-state index contributed by atoms with van der Waals surface area (Å²) in [5, 5.41) is 2.89. The lowest BCUT2D eigenvalue weighted by molar-refractivity contribution is -0.130. The molecule has 1 aromatic carbocycles. The van der Waals surface area contributed by atoms with Crippen LogP contribution in [0.4, 0.5) is 5.69 Å². The molecule has 0 atom stereocenters. The molecule has 0 aliphatic carbocycles. The van der Waals surface area contributed by atoms with Gasteiger partial charge in [-0.3, -0.25) is 14.5 Å². The number of nitrogens with zero attached hydrogens (tertiary/aromatic N) is 2. The number of anilines is 1. The number of ether oxygens (including phenoxy) is 1. The quantitative estimate of drug-likeness (QED) is 0.895. The van der Waals surface area contributed by atoms with Crippen LogP contribution in [0.1, 0.15) is 19.8 Å². The molecule has 1 saturated heterocycles. The van der Waals surface area contributed by atoms with Crippen molar-refractivity contribution >= 4 is 17.5 Å². The molecule has 2 rings (SSSR count). The minimum atomic E-state index is -0.0309. The summed E-state index contributed by atoms with van der Waals surface area (Å²) >= 11 is 0. The molecule has 6 heteroatoms. The van der Waals surface area contributed by atoms with Crippen LogP contribution < -0.4 is 10.1 Å². The van der Waals surface area contributed by atoms with Crippen molar-refractivity contribution in [3.05, 3.63) is 24.3 Å². The van der Waals surface area contributed by atoms with Crippen LogP contribution in [0, 0.1) is 0 Å². The highest BCUT2D eigenvalue weighted by molar-refractivity contribution is 5.92. The first-order chi connectivity index (χ1) is 11.0. The molecule has 0 aromatic heterocycles. The van der Waals surface area contributed by atoms with Crippen LogP contribution in [0.5, 0.6) is 5.75 Å². The second kappa shape index (κ2) is 7.97. The summed E-state index contributed by atoms with van der Waals surface area (Å²) in [4.78, 5) is 27.5. The van der Waals surface area contributed by atoms with Crippen LogP contribution in [0.3, 0.4) is 0 Å². The maximum Gasteiger partial charge on any atom is 0.238 e. The highest BCUT2D eigenvalue weighted by Crippen LogP contribution is 2.18. The fourth-order valence-electron chi connectivity index (χ4n) is 2.83. The lowest BCUT2D eigenvalue weighted by Gasteiger charge is -2.36. The van der Waals surface area contributed by atoms with Gasteiger partial charge in [0.05, 0.1) is 13.7 Å². The Kier molecular flexibility index (Phi) is 5.98. The van der Waals surface area contributed by atoms with Gasteiger partial charge in [0.15, 0.2) is 0 Å². The standard InChI is InChI=1S/C17H25N3O3/c1-13(21)19(2)15-7-9-20(10-8-15)12-17(22)18-14-5-4-6-16(11-14)23-3/h4-6,11,15H,7-10,12H2,1-3H3,(H,18,22). The van der Waals surface area contributed by atoms with E-state index in [0.717, 1.165) is 37.4 Å². The van der Waals surface area contributed by atoms with E-state index in [0.29, 0.717) is 6.54 Å². The molecule has 126 valence electrons. The Labute approximate surface area is 137 Å². The topological polar surface area (TPSA) is 61.9 Å². The lowest BCUT2D eigenvalue weighted by Crippen LogP contribution is -2.46. The predicted octanol–water partition coefficient (Wildman–Crippen LogP) is 1.58. The van der Waals surface area contributed by atoms with Gasteiger partial charge in [-0.25, -0.2) is 0 Å². The second-order valence-corrected chi connectivity index (χ2v) is 5.92. The maximum atomic E-state index is 12.1. The molecular weight excluding hydrogens is 294 g/mol. The van der Waals surface area contributed by atoms with Gasteiger partial charge in [-0.2, -0.15) is 0 Å². The van der Waals surface area contributed by atoms with Gasteiger partial charge >= 0.3 is 0 Å². The molecule has 1 aromatic rings. The van der Waals surface area contributed by atoms with Crippen LogP contribution >= 0.6 is 0 Å². The van der Waals surface area contributed by atoms with E-state index >= 15 is 0 Å². The molecule has 1 aliphatic heterocycles. The highest BCUT2D eigenvalue weighted by Gasteiger charge is 2.24. The van der Waals surface area contributed by atoms with E-state index in [1.807, 2.05) is 25.2 Å². The third kappa shape index (κ3) is 4.96. The van der Waals surface area contributed by atoms with Crippen molar-refractivity contribution in [3.63, 3.8) is 0 Å². The fraction of sp³-hybridized carbons (Fsp3) is 0.529. The summed E-state index contributed by atoms with van der Waals surface area (Å²) in [5.41, 5.74) is 0.737. The van der Waals surface area contributed by atoms with E-state index in [1.165, 1.54) is 0 Å². The summed E-state index contributed by atoms with van der Waals surface area (Å²) < 4.78 is 5.15. The first kappa shape index (κ1) is 17.3. The van der Waals surface area contributed by atoms with E-state index in [-0.39, 0.29) is 17.9 Å². The zero-order valence-electron chi connectivity index (χ0n) is 14.0. The first-order valence-corrected chi connectivity index (χ1v) is 7.89. The van der Waals surface area contributed by atoms with Gasteiger partial charge in [0.25, 0.3) is 0 Å². The van der Waals surface area contributed by atoms with E-state index < -0.39 is 0 Å². The third-order valence-corrected chi connectivity index (χ3v) is 4.32. The number of rotatable bonds is 5. The Hall–Kier alpha value is -2.08. The molecular formula is C17H25N3O3. The van der Waals surface area contributed by atoms with Crippen LogP contribution in [-0.4, -0.2) is 61.4 Å². The van der Waals surface area contributed by atoms with E-state index in [9.17, 15) is 9.59 Å². The van der Waals surface area contributed by atoms with Crippen LogP contribution in [0.15, 0.2) is 24.3 Å². The number of benzene rings is 1. The van der Waals surface area contributed by atoms with Crippen molar-refractivity contribution in [2.75, 3.05) is 39.1 Å². The van der Waals surface area contributed by atoms with Crippen LogP contribution in [-0.2, 0) is 9.59 Å². The zero-order chi connectivity index (χ0) is 16.8. The Bertz CT molecular complexity index is 554. The van der Waals surface area contributed by atoms with E-state index in [4.69, 9.17) is 4.74 Å². The Morgan fingerprint density at radius 1 is 1.35 bits per heavy atom. The fourth-order valence-corrected chi connectivity index (χ4v) is 2.83. The van der Waals surface area contributed by atoms with Crippen LogP contribution in [0.2, 0.25) is 0 Å². The molecule has 0 bridgehead atoms. The minimum absolute atomic E-state index is 0.0309. The molecule has 1 aliphatic rings. The normalized spacial score (nSPS) is 16.0. The van der Waals surface area contributed by atoms with Gasteiger partial charge in [0.2, 0.25) is 11.8 Å². The summed E-state index contributed by atoms with van der Waals surface area (Å²) in [5.74, 6) is 0.784. The van der Waals surface area contributed by atoms with Gasteiger partial charge in [-0.15, -0.1) is 0 Å². The van der Waals surface area contributed by atoms with Crippen molar-refractivity contribution in [1.29, 1.82) is 0 Å². The van der Waals surface area contributed by atoms with Crippen LogP contribution in [0.25, 0.3) is 0 Å². The van der Waals surface area contributed by atoms with E-state index in [1.54, 1.807) is 25.0 Å². The molecule has 2 amide bonds. The second-order valence-electron chi connectivity index (χ2n) is 5.92. The molecule has 0 radical (unpaired) electrons. The summed E-state index contributed by atoms with van der Waals surface area (Å²) in [7, 11) is 3.45. The number of carbonyl (C=O) groups is 2. The molecule has 1 heterocycles. The largest absolute Gasteiger partial charge is 0.497 e. The van der Waals surface area contributed by atoms with Gasteiger partial charge in [-0.1, -0.05) is 6.07 Å². The molecule has 6 nitrogen and oxygen atoms in total. The molecule has 0 saturated carbocycles. The number of methoxy groups -OCH3 is 1. The Morgan fingerprint density at radius 3 is 2.65 bits per heavy atom. The van der Waals surface area contributed by atoms with Gasteiger partial charge in [0.1, 0.15) is 5.75 Å². The number of hydrogen-bond donors (Lipinski definition) is 1. The predicted molar refractivity (Wildman–Crippen MR) is 89.5 cm³/mol. The van der Waals surface area contributed by atoms with Crippen molar-refractivity contribution in [2.24, 2.45) is 0 Å². The summed E-state index contributed by atoms with van der Waals surface area (Å²) in [6.45, 7) is 3.61. The summed E-state index contributed by atoms with van der Waals surface area (Å²) in [6.07, 6.45) is 1.81. The maximum absolute atomic E-state index is 12.1. The SMILES string of the molecule is COc1cccc(NC(=O)CN2CCC(N(C)C(C)=O)CC2)c1. The number of hydrogen-bond acceptors (Lipinski definition) is 4. The number of carbonyl (C=O) groups excluding carboxylic acids is 2. The smallest absolute Gasteiger partial charge is 0.238 e. The van der Waals surface area contributed by atoms with Gasteiger partial charge in [0, 0.05) is 44.9 Å². The minimum Gasteiger partial charge on any atom is -0.497 e. The summed E-state index contributed by atoms with van der Waals surface area (Å²) in [6, 6.07) is 7.61. The average molecular weight is 319 g/mol. The number of nitrogens with one attached hydrogen (secondary N) is 1. The first-order valence-electron chi connectivity index (χ1n) is 7.89. The Morgan fingerprint density at radius 2 is 2.04 bits per heavy atom. The van der Waals surface area contributed by atoms with E-state index in [2.05, 4.69) is 10.2 Å². The van der Waals surface area contributed by atoms with Gasteiger partial charge < -0.3 is 15.0 Å². The molecule has 0 spiro atoms. The number of likely N-dealkylation sites (tertiary alicyclic amines) is 1. The van der Waals surface area contributed by atoms with Crippen molar-refractivity contribution in [3.8, 4) is 5.75 Å². The monoisotopic (exact) mass is 319 g/mol. The van der Waals surface area contributed by atoms with Crippen molar-refractivity contribution < 1.29 is 14.3 Å². The number of piperidine rings is 1. The highest BCUT2D eigenvalue weighted by atomic mass is 16.5. The zero-order valence-corrected chi connectivity index (χ0v) is 14.0. The molecule has 1 N–H and O–H groups in total. The average Bonchev–Trinajstić information content (AvgIpc) is 2.54. The Balaban J connectivity index is 1.79. The molecule has 1 fully saturated rings. The molecule has 0 unspecified atom stereocenters. The van der Waals surface area contributed by atoms with Gasteiger partial charge in [-0.05, 0) is 25.0 Å². The molecule has 23 heavy (non-hydrogen) atoms. The number of amides is 2. The van der Waals surface area contributed by atoms with Crippen molar-refractivity contribution in [2.45, 2.75) is 25.8 Å². The third-order valence-electron chi connectivity index (χ3n) is 4.32.